The Kier molecular flexibility index (Phi) is 5.44. The molecule has 0 saturated carbocycles. The molecule has 5 nitrogen and oxygen atoms in total. The molecule has 106 valence electrons. The zero-order chi connectivity index (χ0) is 14.8. The van der Waals surface area contributed by atoms with Crippen LogP contribution in [-0.4, -0.2) is 22.5 Å². The monoisotopic (exact) mass is 299 g/mol. The molecule has 0 aliphatic carbocycles. The van der Waals surface area contributed by atoms with Crippen molar-refractivity contribution in [2.24, 2.45) is 10.8 Å². The normalized spacial score (nSPS) is 13.3. The van der Waals surface area contributed by atoms with Crippen molar-refractivity contribution in [3.05, 3.63) is 10.1 Å². The van der Waals surface area contributed by atoms with Crippen LogP contribution in [0.1, 0.15) is 40.5 Å². The lowest BCUT2D eigenvalue weighted by Gasteiger charge is -2.36. The number of esters is 1. The number of rotatable bonds is 6. The summed E-state index contributed by atoms with van der Waals surface area (Å²) >= 11 is 11.6. The number of methoxy groups -OCH3 is 1. The third-order valence-electron chi connectivity index (χ3n) is 2.81. The van der Waals surface area contributed by atoms with Gasteiger partial charge in [0.05, 0.1) is 23.9 Å². The summed E-state index contributed by atoms with van der Waals surface area (Å²) in [6.07, 6.45) is 0.456. The predicted octanol–water partition coefficient (Wildman–Crippen LogP) is 3.40. The highest BCUT2D eigenvalue weighted by Gasteiger charge is 2.55. The van der Waals surface area contributed by atoms with Crippen LogP contribution in [0.4, 0.5) is 0 Å². The van der Waals surface area contributed by atoms with Gasteiger partial charge in [-0.1, -0.05) is 27.7 Å². The number of hydrogen-bond acceptors (Lipinski definition) is 4. The SMILES string of the molecule is COC(=O)CC(C)(C)CC(C)(C)C(Cl)(Cl)[N+](=O)[O-]. The van der Waals surface area contributed by atoms with E-state index in [0.717, 1.165) is 0 Å². The van der Waals surface area contributed by atoms with Gasteiger partial charge in [-0.2, -0.15) is 0 Å². The van der Waals surface area contributed by atoms with Crippen molar-refractivity contribution in [1.29, 1.82) is 0 Å². The predicted molar refractivity (Wildman–Crippen MR) is 70.2 cm³/mol. The van der Waals surface area contributed by atoms with Gasteiger partial charge in [0.25, 0.3) is 0 Å². The zero-order valence-corrected chi connectivity index (χ0v) is 12.8. The second-order valence-electron chi connectivity index (χ2n) is 5.78. The average Bonchev–Trinajstić information content (AvgIpc) is 2.14. The molecule has 0 saturated heterocycles. The Balaban J connectivity index is 4.96. The lowest BCUT2D eigenvalue weighted by Crippen LogP contribution is -2.44. The minimum atomic E-state index is -2.10. The Hall–Kier alpha value is -0.550. The molecule has 0 N–H and O–H groups in total. The summed E-state index contributed by atoms with van der Waals surface area (Å²) in [6, 6.07) is 0. The van der Waals surface area contributed by atoms with Crippen LogP contribution in [-0.2, 0) is 9.53 Å². The fourth-order valence-electron chi connectivity index (χ4n) is 2.08. The van der Waals surface area contributed by atoms with Crippen molar-refractivity contribution in [2.45, 2.75) is 45.0 Å². The first kappa shape index (κ1) is 17.4. The maximum atomic E-state index is 11.3. The Labute approximate surface area is 117 Å². The van der Waals surface area contributed by atoms with Crippen LogP contribution in [0, 0.1) is 20.9 Å². The van der Waals surface area contributed by atoms with Crippen LogP contribution in [0.25, 0.3) is 0 Å². The minimum Gasteiger partial charge on any atom is -0.469 e. The van der Waals surface area contributed by atoms with E-state index in [2.05, 4.69) is 4.74 Å². The summed E-state index contributed by atoms with van der Waals surface area (Å²) in [6.45, 7) is 6.84. The Bertz CT molecular complexity index is 340. The molecule has 0 aromatic rings. The third-order valence-corrected chi connectivity index (χ3v) is 4.11. The number of alkyl halides is 2. The van der Waals surface area contributed by atoms with Crippen molar-refractivity contribution in [2.75, 3.05) is 7.11 Å². The van der Waals surface area contributed by atoms with Crippen molar-refractivity contribution < 1.29 is 14.5 Å². The molecule has 0 rings (SSSR count). The fourth-order valence-corrected chi connectivity index (χ4v) is 2.21. The molecule has 18 heavy (non-hydrogen) atoms. The number of carbonyl (C=O) groups is 1. The molecule has 0 aliphatic heterocycles. The first-order valence-electron chi connectivity index (χ1n) is 5.45. The molecule has 0 atom stereocenters. The van der Waals surface area contributed by atoms with Crippen LogP contribution in [0.3, 0.4) is 0 Å². The lowest BCUT2D eigenvalue weighted by molar-refractivity contribution is -0.535. The zero-order valence-electron chi connectivity index (χ0n) is 11.3. The minimum absolute atomic E-state index is 0.147. The Morgan fingerprint density at radius 2 is 1.72 bits per heavy atom. The topological polar surface area (TPSA) is 69.4 Å². The van der Waals surface area contributed by atoms with Gasteiger partial charge in [0.15, 0.2) is 0 Å². The van der Waals surface area contributed by atoms with E-state index in [0.29, 0.717) is 6.42 Å². The van der Waals surface area contributed by atoms with Gasteiger partial charge in [0.2, 0.25) is 0 Å². The van der Waals surface area contributed by atoms with E-state index in [1.54, 1.807) is 13.8 Å². The Morgan fingerprint density at radius 3 is 2.06 bits per heavy atom. The summed E-state index contributed by atoms with van der Waals surface area (Å²) in [5.41, 5.74) is -1.49. The van der Waals surface area contributed by atoms with Gasteiger partial charge in [0.1, 0.15) is 0 Å². The highest BCUT2D eigenvalue weighted by atomic mass is 35.5. The molecule has 0 amide bonds. The molecular formula is C11H19Cl2NO4. The van der Waals surface area contributed by atoms with Gasteiger partial charge >= 0.3 is 10.4 Å². The molecule has 0 aromatic heterocycles. The fraction of sp³-hybridized carbons (Fsp3) is 0.909. The van der Waals surface area contributed by atoms with Crippen LogP contribution in [0.5, 0.6) is 0 Å². The van der Waals surface area contributed by atoms with Crippen molar-refractivity contribution in [1.82, 2.24) is 0 Å². The van der Waals surface area contributed by atoms with Gasteiger partial charge in [-0.3, -0.25) is 14.9 Å². The number of ether oxygens (including phenoxy) is 1. The molecule has 0 aromatic carbocycles. The van der Waals surface area contributed by atoms with Gasteiger partial charge in [0, 0.05) is 0 Å². The van der Waals surface area contributed by atoms with Gasteiger partial charge < -0.3 is 4.74 Å². The second kappa shape index (κ2) is 5.61. The summed E-state index contributed by atoms with van der Waals surface area (Å²) < 4.78 is 2.50. The quantitative estimate of drug-likeness (QED) is 0.248. The van der Waals surface area contributed by atoms with E-state index in [-0.39, 0.29) is 12.4 Å². The summed E-state index contributed by atoms with van der Waals surface area (Å²) in [5.74, 6) is -0.369. The smallest absolute Gasteiger partial charge is 0.375 e. The Morgan fingerprint density at radius 1 is 1.28 bits per heavy atom. The van der Waals surface area contributed by atoms with E-state index in [4.69, 9.17) is 23.2 Å². The maximum Gasteiger partial charge on any atom is 0.375 e. The number of nitro groups is 1. The van der Waals surface area contributed by atoms with Crippen LogP contribution in [0.2, 0.25) is 0 Å². The van der Waals surface area contributed by atoms with Crippen LogP contribution in [0.15, 0.2) is 0 Å². The van der Waals surface area contributed by atoms with E-state index >= 15 is 0 Å². The summed E-state index contributed by atoms with van der Waals surface area (Å²) in [5, 5.41) is 10.9. The second-order valence-corrected chi connectivity index (χ2v) is 7.06. The maximum absolute atomic E-state index is 11.3. The summed E-state index contributed by atoms with van der Waals surface area (Å²) in [7, 11) is 1.30. The molecule has 0 fully saturated rings. The summed E-state index contributed by atoms with van der Waals surface area (Å²) in [4.78, 5) is 21.4. The van der Waals surface area contributed by atoms with E-state index in [1.165, 1.54) is 7.11 Å². The standard InChI is InChI=1S/C11H19Cl2NO4/c1-9(2,6-8(15)18-5)7-10(3,4)11(12,13)14(16)17/h6-7H2,1-5H3. The van der Waals surface area contributed by atoms with Crippen molar-refractivity contribution in [3.8, 4) is 0 Å². The first-order chi connectivity index (χ1) is 7.85. The molecular weight excluding hydrogens is 281 g/mol. The van der Waals surface area contributed by atoms with E-state index < -0.39 is 20.2 Å². The van der Waals surface area contributed by atoms with Crippen molar-refractivity contribution in [3.63, 3.8) is 0 Å². The van der Waals surface area contributed by atoms with Crippen LogP contribution < -0.4 is 0 Å². The number of carbonyl (C=O) groups excluding carboxylic acids is 1. The molecule has 7 heteroatoms. The number of nitrogens with zero attached hydrogens (tertiary/aromatic N) is 1. The highest BCUT2D eigenvalue weighted by Crippen LogP contribution is 2.48. The van der Waals surface area contributed by atoms with E-state index in [9.17, 15) is 14.9 Å². The molecule has 0 bridgehead atoms. The van der Waals surface area contributed by atoms with Gasteiger partial charge in [-0.15, -0.1) is 0 Å². The average molecular weight is 300 g/mol. The first-order valence-corrected chi connectivity index (χ1v) is 6.20. The van der Waals surface area contributed by atoms with Crippen molar-refractivity contribution >= 4 is 29.2 Å². The number of hydrogen-bond donors (Lipinski definition) is 0. The highest BCUT2D eigenvalue weighted by molar-refractivity contribution is 6.47. The largest absolute Gasteiger partial charge is 0.469 e. The molecule has 0 unspecified atom stereocenters. The molecule has 0 radical (unpaired) electrons. The molecule has 0 aliphatic rings. The van der Waals surface area contributed by atoms with Gasteiger partial charge in [-0.05, 0) is 35.0 Å². The van der Waals surface area contributed by atoms with E-state index in [1.807, 2.05) is 13.8 Å². The molecule has 0 spiro atoms. The van der Waals surface area contributed by atoms with Crippen LogP contribution >= 0.6 is 23.2 Å². The third kappa shape index (κ3) is 4.28. The van der Waals surface area contributed by atoms with Gasteiger partial charge in [-0.25, -0.2) is 0 Å². The molecule has 0 heterocycles. The number of halogens is 2. The lowest BCUT2D eigenvalue weighted by atomic mass is 9.73.